The van der Waals surface area contributed by atoms with Gasteiger partial charge in [-0.05, 0) is 43.5 Å². The first-order chi connectivity index (χ1) is 10.0. The summed E-state index contributed by atoms with van der Waals surface area (Å²) in [5.41, 5.74) is 0.430. The molecule has 5 nitrogen and oxygen atoms in total. The Balaban J connectivity index is 1.83. The van der Waals surface area contributed by atoms with Gasteiger partial charge in [0, 0.05) is 18.7 Å². The third kappa shape index (κ3) is 5.15. The number of carboxylic acids is 1. The van der Waals surface area contributed by atoms with Gasteiger partial charge in [0.05, 0.1) is 6.54 Å². The Morgan fingerprint density at radius 2 is 2.24 bits per heavy atom. The van der Waals surface area contributed by atoms with Crippen molar-refractivity contribution in [2.45, 2.75) is 19.3 Å². The number of carboxylic acid groups (broad SMARTS) is 1. The van der Waals surface area contributed by atoms with Gasteiger partial charge >= 0.3 is 5.97 Å². The van der Waals surface area contributed by atoms with E-state index in [1.807, 2.05) is 4.90 Å². The fourth-order valence-corrected chi connectivity index (χ4v) is 2.68. The van der Waals surface area contributed by atoms with Gasteiger partial charge < -0.3 is 10.4 Å². The molecule has 114 valence electrons. The number of anilines is 1. The molecule has 0 bridgehead atoms. The Morgan fingerprint density at radius 1 is 1.43 bits per heavy atom. The molecule has 0 spiro atoms. The number of carbonyl (C=O) groups excluding carboxylic acids is 1. The van der Waals surface area contributed by atoms with Gasteiger partial charge in [0.15, 0.2) is 0 Å². The fraction of sp³-hybridized carbons (Fsp3) is 0.467. The smallest absolute Gasteiger partial charge is 0.303 e. The number of piperidine rings is 1. The molecule has 1 saturated heterocycles. The second-order valence-corrected chi connectivity index (χ2v) is 5.40. The van der Waals surface area contributed by atoms with Gasteiger partial charge in [0.25, 0.3) is 0 Å². The fourth-order valence-electron chi connectivity index (χ4n) is 2.68. The lowest BCUT2D eigenvalue weighted by Gasteiger charge is -2.31. The summed E-state index contributed by atoms with van der Waals surface area (Å²) in [4.78, 5) is 24.6. The van der Waals surface area contributed by atoms with Crippen LogP contribution in [-0.4, -0.2) is 41.5 Å². The maximum Gasteiger partial charge on any atom is 0.303 e. The highest BCUT2D eigenvalue weighted by atomic mass is 19.1. The maximum atomic E-state index is 13.0. The minimum absolute atomic E-state index is 0.0956. The van der Waals surface area contributed by atoms with Crippen LogP contribution < -0.4 is 5.32 Å². The number of rotatable bonds is 5. The lowest BCUT2D eigenvalue weighted by molar-refractivity contribution is -0.138. The van der Waals surface area contributed by atoms with Crippen LogP contribution in [0.15, 0.2) is 24.3 Å². The molecule has 21 heavy (non-hydrogen) atoms. The number of hydrogen-bond donors (Lipinski definition) is 2. The average Bonchev–Trinajstić information content (AvgIpc) is 2.37. The van der Waals surface area contributed by atoms with Crippen molar-refractivity contribution < 1.29 is 19.1 Å². The molecule has 2 rings (SSSR count). The number of benzene rings is 1. The van der Waals surface area contributed by atoms with E-state index in [2.05, 4.69) is 5.32 Å². The van der Waals surface area contributed by atoms with Gasteiger partial charge in [-0.25, -0.2) is 4.39 Å². The van der Waals surface area contributed by atoms with Crippen LogP contribution in [-0.2, 0) is 9.59 Å². The first-order valence-corrected chi connectivity index (χ1v) is 7.02. The van der Waals surface area contributed by atoms with Crippen LogP contribution in [0.4, 0.5) is 10.1 Å². The number of hydrogen-bond acceptors (Lipinski definition) is 3. The van der Waals surface area contributed by atoms with Crippen LogP contribution in [0.25, 0.3) is 0 Å². The third-order valence-electron chi connectivity index (χ3n) is 3.54. The largest absolute Gasteiger partial charge is 0.481 e. The number of nitrogens with one attached hydrogen (secondary N) is 1. The van der Waals surface area contributed by atoms with E-state index in [-0.39, 0.29) is 24.8 Å². The molecule has 1 unspecified atom stereocenters. The molecule has 0 aliphatic carbocycles. The number of halogens is 1. The lowest BCUT2D eigenvalue weighted by Crippen LogP contribution is -2.41. The SMILES string of the molecule is O=C(O)CC1CCCN(CC(=O)Nc2cccc(F)c2)C1. The zero-order valence-electron chi connectivity index (χ0n) is 11.7. The van der Waals surface area contributed by atoms with Crippen LogP contribution in [0.5, 0.6) is 0 Å². The lowest BCUT2D eigenvalue weighted by atomic mass is 9.95. The van der Waals surface area contributed by atoms with Crippen molar-refractivity contribution in [1.29, 1.82) is 0 Å². The Morgan fingerprint density at radius 3 is 2.95 bits per heavy atom. The molecule has 1 aliphatic heterocycles. The second kappa shape index (κ2) is 7.17. The van der Waals surface area contributed by atoms with Crippen molar-refractivity contribution in [2.75, 3.05) is 25.0 Å². The molecule has 1 fully saturated rings. The number of aliphatic carboxylic acids is 1. The van der Waals surface area contributed by atoms with E-state index in [0.29, 0.717) is 12.2 Å². The topological polar surface area (TPSA) is 69.6 Å². The summed E-state index contributed by atoms with van der Waals surface area (Å²) in [6, 6.07) is 5.75. The average molecular weight is 294 g/mol. The number of nitrogens with zero attached hydrogens (tertiary/aromatic N) is 1. The van der Waals surface area contributed by atoms with E-state index in [0.717, 1.165) is 19.4 Å². The molecule has 0 saturated carbocycles. The normalized spacial score (nSPS) is 19.2. The van der Waals surface area contributed by atoms with Crippen LogP contribution in [0.1, 0.15) is 19.3 Å². The minimum atomic E-state index is -0.800. The zero-order valence-corrected chi connectivity index (χ0v) is 11.7. The highest BCUT2D eigenvalue weighted by Crippen LogP contribution is 2.19. The van der Waals surface area contributed by atoms with Crippen LogP contribution in [0.3, 0.4) is 0 Å². The van der Waals surface area contributed by atoms with Gasteiger partial charge in [0.2, 0.25) is 5.91 Å². The summed E-state index contributed by atoms with van der Waals surface area (Å²) in [6.07, 6.45) is 1.92. The molecule has 1 heterocycles. The molecular weight excluding hydrogens is 275 g/mol. The van der Waals surface area contributed by atoms with Gasteiger partial charge in [-0.1, -0.05) is 6.07 Å². The first-order valence-electron chi connectivity index (χ1n) is 7.02. The van der Waals surface area contributed by atoms with Crippen molar-refractivity contribution in [3.8, 4) is 0 Å². The van der Waals surface area contributed by atoms with E-state index in [9.17, 15) is 14.0 Å². The Bertz CT molecular complexity index is 521. The van der Waals surface area contributed by atoms with Gasteiger partial charge in [0.1, 0.15) is 5.82 Å². The summed E-state index contributed by atoms with van der Waals surface area (Å²) in [5.74, 6) is -1.31. The van der Waals surface area contributed by atoms with E-state index >= 15 is 0 Å². The second-order valence-electron chi connectivity index (χ2n) is 5.40. The number of likely N-dealkylation sites (tertiary alicyclic amines) is 1. The van der Waals surface area contributed by atoms with Crippen LogP contribution in [0.2, 0.25) is 0 Å². The van der Waals surface area contributed by atoms with Gasteiger partial charge in [-0.3, -0.25) is 14.5 Å². The molecular formula is C15H19FN2O3. The summed E-state index contributed by atoms with van der Waals surface area (Å²) in [6.45, 7) is 1.60. The molecule has 2 N–H and O–H groups in total. The molecule has 1 aromatic carbocycles. The standard InChI is InChI=1S/C15H19FN2O3/c16-12-4-1-5-13(8-12)17-14(19)10-18-6-2-3-11(9-18)7-15(20)21/h1,4-5,8,11H,2-3,6-7,9-10H2,(H,17,19)(H,20,21). The Labute approximate surface area is 122 Å². The Kier molecular flexibility index (Phi) is 5.27. The van der Waals surface area contributed by atoms with Crippen molar-refractivity contribution in [1.82, 2.24) is 4.90 Å². The summed E-state index contributed by atoms with van der Waals surface area (Å²) < 4.78 is 13.0. The van der Waals surface area contributed by atoms with Crippen LogP contribution >= 0.6 is 0 Å². The highest BCUT2D eigenvalue weighted by Gasteiger charge is 2.23. The van der Waals surface area contributed by atoms with Crippen molar-refractivity contribution in [3.05, 3.63) is 30.1 Å². The highest BCUT2D eigenvalue weighted by molar-refractivity contribution is 5.92. The first kappa shape index (κ1) is 15.4. The van der Waals surface area contributed by atoms with E-state index in [4.69, 9.17) is 5.11 Å². The van der Waals surface area contributed by atoms with Crippen molar-refractivity contribution >= 4 is 17.6 Å². The van der Waals surface area contributed by atoms with Gasteiger partial charge in [-0.15, -0.1) is 0 Å². The quantitative estimate of drug-likeness (QED) is 0.871. The molecule has 1 aromatic rings. The molecule has 6 heteroatoms. The monoisotopic (exact) mass is 294 g/mol. The van der Waals surface area contributed by atoms with Crippen molar-refractivity contribution in [2.24, 2.45) is 5.92 Å². The Hall–Kier alpha value is -1.95. The van der Waals surface area contributed by atoms with Crippen LogP contribution in [0, 0.1) is 11.7 Å². The summed E-state index contributed by atoms with van der Waals surface area (Å²) in [5, 5.41) is 11.5. The van der Waals surface area contributed by atoms with E-state index in [1.165, 1.54) is 18.2 Å². The zero-order chi connectivity index (χ0) is 15.2. The number of carbonyl (C=O) groups is 2. The maximum absolute atomic E-state index is 13.0. The molecule has 1 amide bonds. The molecule has 1 atom stereocenters. The predicted octanol–water partition coefficient (Wildman–Crippen LogP) is 1.95. The number of amides is 1. The van der Waals surface area contributed by atoms with E-state index < -0.39 is 11.8 Å². The third-order valence-corrected chi connectivity index (χ3v) is 3.54. The minimum Gasteiger partial charge on any atom is -0.481 e. The van der Waals surface area contributed by atoms with Gasteiger partial charge in [-0.2, -0.15) is 0 Å². The molecule has 0 aromatic heterocycles. The van der Waals surface area contributed by atoms with Crippen molar-refractivity contribution in [3.63, 3.8) is 0 Å². The summed E-state index contributed by atoms with van der Waals surface area (Å²) >= 11 is 0. The molecule has 1 aliphatic rings. The summed E-state index contributed by atoms with van der Waals surface area (Å²) in [7, 11) is 0. The van der Waals surface area contributed by atoms with E-state index in [1.54, 1.807) is 6.07 Å². The predicted molar refractivity (Wildman–Crippen MR) is 76.4 cm³/mol. The molecule has 0 radical (unpaired) electrons.